The summed E-state index contributed by atoms with van der Waals surface area (Å²) in [6.45, 7) is 16.6. The lowest BCUT2D eigenvalue weighted by Gasteiger charge is -2.10. The topological polar surface area (TPSA) is 105 Å². The van der Waals surface area contributed by atoms with E-state index >= 15 is 0 Å². The molecule has 0 aromatic heterocycles. The molecule has 0 amide bonds. The largest absolute Gasteiger partial charge is 0.378 e. The van der Waals surface area contributed by atoms with Crippen LogP contribution in [0.2, 0.25) is 0 Å². The fourth-order valence-corrected chi connectivity index (χ4v) is 2.61. The molecule has 12 heteroatoms. The van der Waals surface area contributed by atoms with Gasteiger partial charge in [-0.1, -0.05) is 6.08 Å². The van der Waals surface area contributed by atoms with Gasteiger partial charge in [0, 0.05) is 6.54 Å². The molecule has 0 atom stereocenters. The molecule has 0 aliphatic heterocycles. The van der Waals surface area contributed by atoms with Crippen molar-refractivity contribution in [1.29, 1.82) is 0 Å². The summed E-state index contributed by atoms with van der Waals surface area (Å²) in [5.41, 5.74) is 0. The highest BCUT2D eigenvalue weighted by atomic mass is 16.6. The van der Waals surface area contributed by atoms with Crippen LogP contribution >= 0.6 is 0 Å². The molecule has 0 aromatic carbocycles. The van der Waals surface area contributed by atoms with Gasteiger partial charge < -0.3 is 57.0 Å². The molecule has 234 valence electrons. The van der Waals surface area contributed by atoms with Crippen molar-refractivity contribution in [1.82, 2.24) is 4.90 Å². The van der Waals surface area contributed by atoms with Crippen LogP contribution in [0, 0.1) is 0 Å². The van der Waals surface area contributed by atoms with E-state index in [1.165, 1.54) is 0 Å². The summed E-state index contributed by atoms with van der Waals surface area (Å²) in [5, 5.41) is 0. The van der Waals surface area contributed by atoms with E-state index in [1.807, 2.05) is 14.1 Å². The van der Waals surface area contributed by atoms with Crippen molar-refractivity contribution < 1.29 is 52.1 Å². The maximum absolute atomic E-state index is 5.47. The predicted octanol–water partition coefficient (Wildman–Crippen LogP) is 0.917. The number of rotatable bonds is 35. The molecule has 0 aromatic rings. The first kappa shape index (κ1) is 38.3. The molecule has 0 radical (unpaired) electrons. The Morgan fingerprint density at radius 2 is 0.564 bits per heavy atom. The Morgan fingerprint density at radius 3 is 0.769 bits per heavy atom. The predicted molar refractivity (Wildman–Crippen MR) is 148 cm³/mol. The quantitative estimate of drug-likeness (QED) is 0.0801. The SMILES string of the molecule is C=CCOCCOCCOCCOCCOCCOCCOCCOCCOCCOCCOCCN(C)C. The molecular formula is C27H55NO11. The Balaban J connectivity index is 3.02. The third-order valence-electron chi connectivity index (χ3n) is 4.64. The molecule has 0 spiro atoms. The van der Waals surface area contributed by atoms with Crippen molar-refractivity contribution in [2.45, 2.75) is 0 Å². The second-order valence-electron chi connectivity index (χ2n) is 8.29. The summed E-state index contributed by atoms with van der Waals surface area (Å²) in [6.07, 6.45) is 1.71. The van der Waals surface area contributed by atoms with Crippen LogP contribution in [0.3, 0.4) is 0 Å². The zero-order chi connectivity index (χ0) is 28.3. The third-order valence-corrected chi connectivity index (χ3v) is 4.64. The highest BCUT2D eigenvalue weighted by Gasteiger charge is 1.96. The van der Waals surface area contributed by atoms with Gasteiger partial charge in [0.15, 0.2) is 0 Å². The summed E-state index contributed by atoms with van der Waals surface area (Å²) in [4.78, 5) is 2.08. The average molecular weight is 570 g/mol. The molecule has 39 heavy (non-hydrogen) atoms. The number of likely N-dealkylation sites (N-methyl/N-ethyl adjacent to an activating group) is 1. The van der Waals surface area contributed by atoms with Crippen LogP contribution < -0.4 is 0 Å². The minimum absolute atomic E-state index is 0.520. The van der Waals surface area contributed by atoms with Crippen LogP contribution in [0.15, 0.2) is 12.7 Å². The van der Waals surface area contributed by atoms with Crippen molar-refractivity contribution in [3.63, 3.8) is 0 Å². The van der Waals surface area contributed by atoms with E-state index in [-0.39, 0.29) is 0 Å². The van der Waals surface area contributed by atoms with E-state index in [4.69, 9.17) is 52.1 Å². The number of hydrogen-bond acceptors (Lipinski definition) is 12. The molecule has 0 saturated carbocycles. The fraction of sp³-hybridized carbons (Fsp3) is 0.926. The molecule has 0 saturated heterocycles. The Bertz CT molecular complexity index is 461. The lowest BCUT2D eigenvalue weighted by molar-refractivity contribution is -0.0273. The Hall–Kier alpha value is -0.740. The number of hydrogen-bond donors (Lipinski definition) is 0. The summed E-state index contributed by atoms with van der Waals surface area (Å²) in [6, 6.07) is 0. The van der Waals surface area contributed by atoms with Gasteiger partial charge in [0.25, 0.3) is 0 Å². The molecule has 0 fully saturated rings. The zero-order valence-electron chi connectivity index (χ0n) is 24.5. The lowest BCUT2D eigenvalue weighted by atomic mass is 10.6. The molecule has 0 bridgehead atoms. The van der Waals surface area contributed by atoms with E-state index in [0.29, 0.717) is 139 Å². The maximum Gasteiger partial charge on any atom is 0.0704 e. The Morgan fingerprint density at radius 1 is 0.359 bits per heavy atom. The van der Waals surface area contributed by atoms with Gasteiger partial charge in [-0.2, -0.15) is 0 Å². The molecule has 0 N–H and O–H groups in total. The van der Waals surface area contributed by atoms with Gasteiger partial charge in [-0.05, 0) is 14.1 Å². The maximum atomic E-state index is 5.47. The van der Waals surface area contributed by atoms with E-state index in [2.05, 4.69) is 11.5 Å². The Labute approximate surface area is 236 Å². The smallest absolute Gasteiger partial charge is 0.0704 e. The van der Waals surface area contributed by atoms with Crippen molar-refractivity contribution >= 4 is 0 Å². The zero-order valence-corrected chi connectivity index (χ0v) is 24.5. The van der Waals surface area contributed by atoms with E-state index < -0.39 is 0 Å². The summed E-state index contributed by atoms with van der Waals surface area (Å²) >= 11 is 0. The Kier molecular flexibility index (Phi) is 34.6. The average Bonchev–Trinajstić information content (AvgIpc) is 2.93. The van der Waals surface area contributed by atoms with Crippen molar-refractivity contribution in [3.8, 4) is 0 Å². The molecule has 0 rings (SSSR count). The first-order valence-electron chi connectivity index (χ1n) is 13.9. The second-order valence-corrected chi connectivity index (χ2v) is 8.29. The van der Waals surface area contributed by atoms with Crippen molar-refractivity contribution in [2.24, 2.45) is 0 Å². The molecule has 0 aliphatic rings. The third kappa shape index (κ3) is 37.3. The standard InChI is InChI=1S/C27H55NO11/c1-4-6-29-8-10-31-12-14-33-16-18-35-20-22-37-24-26-39-27-25-38-23-21-36-19-17-34-15-13-32-11-9-30-7-5-28(2)3/h4H,1,5-27H2,2-3H3. The van der Waals surface area contributed by atoms with Gasteiger partial charge in [0.1, 0.15) is 0 Å². The minimum Gasteiger partial charge on any atom is -0.378 e. The van der Waals surface area contributed by atoms with Gasteiger partial charge in [-0.25, -0.2) is 0 Å². The van der Waals surface area contributed by atoms with Crippen LogP contribution in [0.5, 0.6) is 0 Å². The first-order valence-corrected chi connectivity index (χ1v) is 13.9. The summed E-state index contributed by atoms with van der Waals surface area (Å²) in [5.74, 6) is 0. The second kappa shape index (κ2) is 35.3. The first-order chi connectivity index (χ1) is 19.3. The normalized spacial score (nSPS) is 11.6. The van der Waals surface area contributed by atoms with Crippen LogP contribution in [-0.4, -0.2) is 171 Å². The highest BCUT2D eigenvalue weighted by Crippen LogP contribution is 1.87. The van der Waals surface area contributed by atoms with E-state index in [0.717, 1.165) is 13.2 Å². The van der Waals surface area contributed by atoms with Crippen LogP contribution in [0.4, 0.5) is 0 Å². The molecule has 0 unspecified atom stereocenters. The van der Waals surface area contributed by atoms with Crippen LogP contribution in [0.1, 0.15) is 0 Å². The fourth-order valence-electron chi connectivity index (χ4n) is 2.61. The van der Waals surface area contributed by atoms with Gasteiger partial charge in [0.2, 0.25) is 0 Å². The monoisotopic (exact) mass is 569 g/mol. The summed E-state index contributed by atoms with van der Waals surface area (Å²) < 4.78 is 59.6. The highest BCUT2D eigenvalue weighted by molar-refractivity contribution is 4.63. The van der Waals surface area contributed by atoms with E-state index in [9.17, 15) is 0 Å². The van der Waals surface area contributed by atoms with Gasteiger partial charge in [-0.15, -0.1) is 6.58 Å². The van der Waals surface area contributed by atoms with Gasteiger partial charge in [0.05, 0.1) is 145 Å². The van der Waals surface area contributed by atoms with Crippen LogP contribution in [-0.2, 0) is 52.1 Å². The van der Waals surface area contributed by atoms with Gasteiger partial charge >= 0.3 is 0 Å². The molecule has 0 heterocycles. The molecular weight excluding hydrogens is 514 g/mol. The molecule has 0 aliphatic carbocycles. The van der Waals surface area contributed by atoms with Crippen molar-refractivity contribution in [2.75, 3.05) is 166 Å². The number of ether oxygens (including phenoxy) is 11. The lowest BCUT2D eigenvalue weighted by Crippen LogP contribution is -2.19. The van der Waals surface area contributed by atoms with Gasteiger partial charge in [-0.3, -0.25) is 0 Å². The minimum atomic E-state index is 0.520. The van der Waals surface area contributed by atoms with E-state index in [1.54, 1.807) is 6.08 Å². The van der Waals surface area contributed by atoms with Crippen LogP contribution in [0.25, 0.3) is 0 Å². The van der Waals surface area contributed by atoms with Crippen molar-refractivity contribution in [3.05, 3.63) is 12.7 Å². The number of nitrogens with zero attached hydrogens (tertiary/aromatic N) is 1. The molecule has 12 nitrogen and oxygen atoms in total. The summed E-state index contributed by atoms with van der Waals surface area (Å²) in [7, 11) is 4.04.